The number of nitrogens with one attached hydrogen (secondary N) is 1. The Labute approximate surface area is 189 Å². The van der Waals surface area contributed by atoms with Gasteiger partial charge in [-0.3, -0.25) is 14.2 Å². The fraction of sp³-hybridized carbons (Fsp3) is 0.304. The summed E-state index contributed by atoms with van der Waals surface area (Å²) in [5, 5.41) is 7.27. The lowest BCUT2D eigenvalue weighted by atomic mass is 10.2. The third-order valence-electron chi connectivity index (χ3n) is 5.32. The van der Waals surface area contributed by atoms with Crippen LogP contribution >= 0.6 is 11.6 Å². The van der Waals surface area contributed by atoms with Crippen molar-refractivity contribution in [2.24, 2.45) is 0 Å². The standard InChI is InChI=1S/C23H23ClN4O4/c1-15-6-4-8-17(12-15)28-23(31)27(14-16-7-2-3-10-19(16)24)22(30)20(26-28)21(29)25-13-18-9-5-11-32-18/h2-4,6-8,10,12,18H,5,9,11,13-14H2,1H3,(H,25,29)/t18-/m0/s1. The normalized spacial score (nSPS) is 15.6. The summed E-state index contributed by atoms with van der Waals surface area (Å²) in [6, 6.07) is 14.0. The lowest BCUT2D eigenvalue weighted by Crippen LogP contribution is -2.46. The van der Waals surface area contributed by atoms with Gasteiger partial charge in [-0.2, -0.15) is 9.78 Å². The lowest BCUT2D eigenvalue weighted by molar-refractivity contribution is 0.0849. The van der Waals surface area contributed by atoms with E-state index in [4.69, 9.17) is 16.3 Å². The Bertz CT molecular complexity index is 1260. The lowest BCUT2D eigenvalue weighted by Gasteiger charge is -2.14. The molecule has 0 saturated carbocycles. The number of nitrogens with zero attached hydrogens (tertiary/aromatic N) is 3. The topological polar surface area (TPSA) is 95.2 Å². The molecule has 0 aliphatic carbocycles. The SMILES string of the molecule is Cc1cccc(-n2nc(C(=O)NC[C@@H]3CCCO3)c(=O)n(Cc3ccccc3Cl)c2=O)c1. The molecule has 1 N–H and O–H groups in total. The van der Waals surface area contributed by atoms with Gasteiger partial charge in [-0.05, 0) is 49.1 Å². The van der Waals surface area contributed by atoms with Crippen LogP contribution in [0.3, 0.4) is 0 Å². The summed E-state index contributed by atoms with van der Waals surface area (Å²) in [5.41, 5.74) is 0.151. The molecule has 9 heteroatoms. The van der Waals surface area contributed by atoms with Gasteiger partial charge in [0.25, 0.3) is 11.5 Å². The van der Waals surface area contributed by atoms with Gasteiger partial charge >= 0.3 is 5.69 Å². The van der Waals surface area contributed by atoms with Crippen LogP contribution in [0, 0.1) is 6.92 Å². The molecule has 0 bridgehead atoms. The molecule has 3 aromatic rings. The summed E-state index contributed by atoms with van der Waals surface area (Å²) in [4.78, 5) is 39.2. The van der Waals surface area contributed by atoms with Crippen LogP contribution in [0.25, 0.3) is 5.69 Å². The smallest absolute Gasteiger partial charge is 0.352 e. The van der Waals surface area contributed by atoms with Crippen LogP contribution in [0.15, 0.2) is 58.1 Å². The second kappa shape index (κ2) is 9.50. The molecule has 0 unspecified atom stereocenters. The van der Waals surface area contributed by atoms with Crippen molar-refractivity contribution in [2.45, 2.75) is 32.4 Å². The van der Waals surface area contributed by atoms with Crippen LogP contribution in [0.2, 0.25) is 5.02 Å². The number of hydrogen-bond acceptors (Lipinski definition) is 5. The van der Waals surface area contributed by atoms with Gasteiger partial charge in [0.2, 0.25) is 5.69 Å². The Kier molecular flexibility index (Phi) is 6.53. The van der Waals surface area contributed by atoms with E-state index in [1.807, 2.05) is 13.0 Å². The van der Waals surface area contributed by atoms with Gasteiger partial charge in [0.1, 0.15) is 0 Å². The summed E-state index contributed by atoms with van der Waals surface area (Å²) in [6.07, 6.45) is 1.68. The van der Waals surface area contributed by atoms with Crippen molar-refractivity contribution in [1.29, 1.82) is 0 Å². The molecule has 1 fully saturated rings. The molecule has 8 nitrogen and oxygen atoms in total. The highest BCUT2D eigenvalue weighted by Gasteiger charge is 2.23. The zero-order valence-corrected chi connectivity index (χ0v) is 18.3. The minimum absolute atomic E-state index is 0.0856. The van der Waals surface area contributed by atoms with Crippen molar-refractivity contribution >= 4 is 17.5 Å². The van der Waals surface area contributed by atoms with Crippen molar-refractivity contribution in [3.63, 3.8) is 0 Å². The number of ether oxygens (including phenoxy) is 1. The first-order valence-electron chi connectivity index (χ1n) is 10.4. The van der Waals surface area contributed by atoms with Crippen molar-refractivity contribution in [2.75, 3.05) is 13.2 Å². The van der Waals surface area contributed by atoms with Crippen LogP contribution in [-0.2, 0) is 11.3 Å². The maximum absolute atomic E-state index is 13.2. The Morgan fingerprint density at radius 1 is 1.22 bits per heavy atom. The first kappa shape index (κ1) is 22.0. The predicted molar refractivity (Wildman–Crippen MR) is 121 cm³/mol. The number of rotatable bonds is 6. The van der Waals surface area contributed by atoms with E-state index in [0.29, 0.717) is 22.9 Å². The molecular weight excluding hydrogens is 432 g/mol. The summed E-state index contributed by atoms with van der Waals surface area (Å²) in [5.74, 6) is -0.653. The maximum Gasteiger partial charge on any atom is 0.352 e. The molecule has 1 aliphatic rings. The molecule has 0 spiro atoms. The number of carbonyl (C=O) groups is 1. The first-order chi connectivity index (χ1) is 15.4. The van der Waals surface area contributed by atoms with E-state index in [0.717, 1.165) is 27.7 Å². The third kappa shape index (κ3) is 4.66. The van der Waals surface area contributed by atoms with Gasteiger partial charge in [0.15, 0.2) is 0 Å². The average Bonchev–Trinajstić information content (AvgIpc) is 3.30. The van der Waals surface area contributed by atoms with Crippen LogP contribution in [0.1, 0.15) is 34.5 Å². The Balaban J connectivity index is 1.79. The highest BCUT2D eigenvalue weighted by Crippen LogP contribution is 2.15. The van der Waals surface area contributed by atoms with E-state index < -0.39 is 17.2 Å². The summed E-state index contributed by atoms with van der Waals surface area (Å²) in [7, 11) is 0. The predicted octanol–water partition coefficient (Wildman–Crippen LogP) is 2.31. The van der Waals surface area contributed by atoms with E-state index in [1.165, 1.54) is 0 Å². The van der Waals surface area contributed by atoms with Gasteiger partial charge in [0.05, 0.1) is 18.3 Å². The van der Waals surface area contributed by atoms with Gasteiger partial charge in [-0.1, -0.05) is 41.9 Å². The van der Waals surface area contributed by atoms with Crippen molar-refractivity contribution in [3.8, 4) is 5.69 Å². The first-order valence-corrected chi connectivity index (χ1v) is 10.8. The van der Waals surface area contributed by atoms with E-state index >= 15 is 0 Å². The van der Waals surface area contributed by atoms with Crippen LogP contribution < -0.4 is 16.6 Å². The average molecular weight is 455 g/mol. The molecule has 1 saturated heterocycles. The molecule has 2 heterocycles. The molecular formula is C23H23ClN4O4. The molecule has 1 aromatic heterocycles. The van der Waals surface area contributed by atoms with E-state index in [2.05, 4.69) is 10.4 Å². The van der Waals surface area contributed by atoms with E-state index in [1.54, 1.807) is 42.5 Å². The number of aromatic nitrogens is 3. The third-order valence-corrected chi connectivity index (χ3v) is 5.69. The minimum Gasteiger partial charge on any atom is -0.376 e. The largest absolute Gasteiger partial charge is 0.376 e. The van der Waals surface area contributed by atoms with E-state index in [-0.39, 0.29) is 24.9 Å². The quantitative estimate of drug-likeness (QED) is 0.616. The highest BCUT2D eigenvalue weighted by atomic mass is 35.5. The summed E-state index contributed by atoms with van der Waals surface area (Å²) < 4.78 is 7.58. The molecule has 0 radical (unpaired) electrons. The molecule has 1 aliphatic heterocycles. The number of amides is 1. The Morgan fingerprint density at radius 3 is 2.75 bits per heavy atom. The van der Waals surface area contributed by atoms with Crippen LogP contribution in [-0.4, -0.2) is 39.5 Å². The zero-order chi connectivity index (χ0) is 22.7. The molecule has 166 valence electrons. The van der Waals surface area contributed by atoms with Gasteiger partial charge in [-0.25, -0.2) is 4.79 Å². The summed E-state index contributed by atoms with van der Waals surface area (Å²) in [6.45, 7) is 2.72. The second-order valence-corrected chi connectivity index (χ2v) is 8.12. The van der Waals surface area contributed by atoms with Gasteiger partial charge in [-0.15, -0.1) is 0 Å². The monoisotopic (exact) mass is 454 g/mol. The molecule has 1 atom stereocenters. The van der Waals surface area contributed by atoms with Crippen molar-refractivity contribution < 1.29 is 9.53 Å². The number of halogens is 1. The number of carbonyl (C=O) groups excluding carboxylic acids is 1. The van der Waals surface area contributed by atoms with Gasteiger partial charge < -0.3 is 10.1 Å². The Morgan fingerprint density at radius 2 is 2.03 bits per heavy atom. The zero-order valence-electron chi connectivity index (χ0n) is 17.6. The summed E-state index contributed by atoms with van der Waals surface area (Å²) >= 11 is 6.25. The maximum atomic E-state index is 13.2. The van der Waals surface area contributed by atoms with E-state index in [9.17, 15) is 14.4 Å². The number of benzene rings is 2. The molecule has 2 aromatic carbocycles. The van der Waals surface area contributed by atoms with Crippen LogP contribution in [0.5, 0.6) is 0 Å². The van der Waals surface area contributed by atoms with Gasteiger partial charge in [0, 0.05) is 18.2 Å². The minimum atomic E-state index is -0.774. The molecule has 4 rings (SSSR count). The number of hydrogen-bond donors (Lipinski definition) is 1. The Hall–Kier alpha value is -3.23. The number of aryl methyl sites for hydroxylation is 1. The molecule has 1 amide bonds. The fourth-order valence-electron chi connectivity index (χ4n) is 3.62. The molecule has 32 heavy (non-hydrogen) atoms. The van der Waals surface area contributed by atoms with Crippen LogP contribution in [0.4, 0.5) is 0 Å². The van der Waals surface area contributed by atoms with Crippen molar-refractivity contribution in [3.05, 3.63) is 91.2 Å². The van der Waals surface area contributed by atoms with Crippen molar-refractivity contribution in [1.82, 2.24) is 19.7 Å². The second-order valence-electron chi connectivity index (χ2n) is 7.71. The fourth-order valence-corrected chi connectivity index (χ4v) is 3.81. The highest BCUT2D eigenvalue weighted by molar-refractivity contribution is 6.31.